The first-order valence-corrected chi connectivity index (χ1v) is 10.4. The molecule has 0 spiro atoms. The summed E-state index contributed by atoms with van der Waals surface area (Å²) >= 11 is 0. The third kappa shape index (κ3) is 11.4. The van der Waals surface area contributed by atoms with Crippen LogP contribution < -0.4 is 0 Å². The Kier molecular flexibility index (Phi) is 13.0. The molecular formula is C24H34O6. The zero-order valence-electron chi connectivity index (χ0n) is 17.9. The minimum absolute atomic E-state index is 0.0403. The lowest BCUT2D eigenvalue weighted by Crippen LogP contribution is -2.09. The number of rotatable bonds is 17. The molecule has 0 amide bonds. The highest BCUT2D eigenvalue weighted by molar-refractivity contribution is 5.21. The van der Waals surface area contributed by atoms with Crippen LogP contribution in [0.25, 0.3) is 0 Å². The second-order valence-electron chi connectivity index (χ2n) is 6.91. The van der Waals surface area contributed by atoms with Crippen molar-refractivity contribution < 1.29 is 28.8 Å². The van der Waals surface area contributed by atoms with E-state index in [2.05, 4.69) is 31.2 Å². The molecule has 0 bridgehead atoms. The van der Waals surface area contributed by atoms with Gasteiger partial charge in [-0.1, -0.05) is 54.1 Å². The normalized spacial score (nSPS) is 11.1. The maximum atomic E-state index is 8.62. The molecule has 0 atom stereocenters. The first-order valence-electron chi connectivity index (χ1n) is 10.4. The molecule has 0 radical (unpaired) electrons. The van der Waals surface area contributed by atoms with Gasteiger partial charge in [-0.3, -0.25) is 0 Å². The van der Waals surface area contributed by atoms with Gasteiger partial charge >= 0.3 is 0 Å². The maximum Gasteiger partial charge on any atom is 0.0718 e. The van der Waals surface area contributed by atoms with Gasteiger partial charge in [-0.15, -0.1) is 0 Å². The Morgan fingerprint density at radius 1 is 0.500 bits per heavy atom. The van der Waals surface area contributed by atoms with Crippen LogP contribution in [0.4, 0.5) is 0 Å². The molecule has 0 fully saturated rings. The molecule has 0 aromatic heterocycles. The molecule has 2 aromatic rings. The van der Waals surface area contributed by atoms with Crippen molar-refractivity contribution >= 4 is 0 Å². The Labute approximate surface area is 179 Å². The Morgan fingerprint density at radius 3 is 1.23 bits per heavy atom. The Morgan fingerprint density at radius 2 is 0.833 bits per heavy atom. The molecule has 0 unspecified atom stereocenters. The molecule has 2 aromatic carbocycles. The Balaban J connectivity index is 1.42. The van der Waals surface area contributed by atoms with Crippen molar-refractivity contribution in [3.8, 4) is 0 Å². The van der Waals surface area contributed by atoms with E-state index in [9.17, 15) is 0 Å². The van der Waals surface area contributed by atoms with Crippen molar-refractivity contribution in [3.05, 3.63) is 70.8 Å². The number of aryl methyl sites for hydroxylation is 1. The molecule has 0 saturated carbocycles. The molecule has 0 aliphatic heterocycles. The van der Waals surface area contributed by atoms with Crippen LogP contribution in [0.5, 0.6) is 0 Å². The molecule has 0 aliphatic carbocycles. The van der Waals surface area contributed by atoms with E-state index in [0.29, 0.717) is 66.1 Å². The smallest absolute Gasteiger partial charge is 0.0718 e. The van der Waals surface area contributed by atoms with Crippen LogP contribution >= 0.6 is 0 Å². The van der Waals surface area contributed by atoms with E-state index in [4.69, 9.17) is 28.8 Å². The third-order valence-electron chi connectivity index (χ3n) is 4.30. The van der Waals surface area contributed by atoms with Crippen molar-refractivity contribution in [3.63, 3.8) is 0 Å². The standard InChI is InChI=1S/C24H34O6/c1-21-2-4-22(5-3-21)18-29-16-13-27-14-17-30-20-24-8-6-23(7-9-24)19-28-15-12-26-11-10-25/h2-9,25H,10-20H2,1H3. The van der Waals surface area contributed by atoms with E-state index in [0.717, 1.165) is 11.1 Å². The zero-order chi connectivity index (χ0) is 21.3. The highest BCUT2D eigenvalue weighted by Gasteiger charge is 1.98. The van der Waals surface area contributed by atoms with Gasteiger partial charge in [0.05, 0.1) is 72.7 Å². The second-order valence-corrected chi connectivity index (χ2v) is 6.91. The van der Waals surface area contributed by atoms with Crippen molar-refractivity contribution in [1.29, 1.82) is 0 Å². The molecule has 0 saturated heterocycles. The van der Waals surface area contributed by atoms with Gasteiger partial charge in [0.15, 0.2) is 0 Å². The summed E-state index contributed by atoms with van der Waals surface area (Å²) in [5.74, 6) is 0. The molecule has 2 rings (SSSR count). The summed E-state index contributed by atoms with van der Waals surface area (Å²) in [6.07, 6.45) is 0. The summed E-state index contributed by atoms with van der Waals surface area (Å²) in [6.45, 7) is 7.44. The van der Waals surface area contributed by atoms with Crippen molar-refractivity contribution in [2.45, 2.75) is 26.7 Å². The van der Waals surface area contributed by atoms with Crippen molar-refractivity contribution in [1.82, 2.24) is 0 Å². The molecule has 0 aliphatic rings. The summed E-state index contributed by atoms with van der Waals surface area (Å²) in [4.78, 5) is 0. The predicted octanol–water partition coefficient (Wildman–Crippen LogP) is 3.27. The van der Waals surface area contributed by atoms with Crippen LogP contribution in [0.15, 0.2) is 48.5 Å². The second kappa shape index (κ2) is 16.0. The van der Waals surface area contributed by atoms with Crippen molar-refractivity contribution in [2.24, 2.45) is 0 Å². The average Bonchev–Trinajstić information content (AvgIpc) is 2.77. The number of hydrogen-bond donors (Lipinski definition) is 1. The van der Waals surface area contributed by atoms with Gasteiger partial charge in [-0.05, 0) is 23.6 Å². The number of aliphatic hydroxyl groups excluding tert-OH is 1. The van der Waals surface area contributed by atoms with Gasteiger partial charge in [0.1, 0.15) is 0 Å². The Hall–Kier alpha value is -1.80. The highest BCUT2D eigenvalue weighted by atomic mass is 16.5. The Bertz CT molecular complexity index is 656. The van der Waals surface area contributed by atoms with Gasteiger partial charge < -0.3 is 28.8 Å². The lowest BCUT2D eigenvalue weighted by Gasteiger charge is -2.08. The van der Waals surface area contributed by atoms with Crippen LogP contribution in [0.1, 0.15) is 22.3 Å². The third-order valence-corrected chi connectivity index (χ3v) is 4.30. The van der Waals surface area contributed by atoms with Gasteiger partial charge in [-0.25, -0.2) is 0 Å². The van der Waals surface area contributed by atoms with E-state index >= 15 is 0 Å². The highest BCUT2D eigenvalue weighted by Crippen LogP contribution is 2.07. The fourth-order valence-electron chi connectivity index (χ4n) is 2.61. The number of benzene rings is 2. The first kappa shape index (κ1) is 24.5. The largest absolute Gasteiger partial charge is 0.394 e. The molecule has 0 heterocycles. The van der Waals surface area contributed by atoms with Crippen LogP contribution in [0, 0.1) is 6.92 Å². The SMILES string of the molecule is Cc1ccc(COCCOCCOCc2ccc(COCCOCCO)cc2)cc1. The van der Waals surface area contributed by atoms with Crippen LogP contribution in [0.3, 0.4) is 0 Å². The van der Waals surface area contributed by atoms with Gasteiger partial charge in [0, 0.05) is 0 Å². The van der Waals surface area contributed by atoms with E-state index in [1.807, 2.05) is 24.3 Å². The maximum absolute atomic E-state index is 8.62. The summed E-state index contributed by atoms with van der Waals surface area (Å²) in [5.41, 5.74) is 4.65. The van der Waals surface area contributed by atoms with E-state index in [-0.39, 0.29) is 6.61 Å². The molecule has 1 N–H and O–H groups in total. The molecule has 166 valence electrons. The summed E-state index contributed by atoms with van der Waals surface area (Å²) in [7, 11) is 0. The van der Waals surface area contributed by atoms with Gasteiger partial charge in [0.25, 0.3) is 0 Å². The molecular weight excluding hydrogens is 384 g/mol. The van der Waals surface area contributed by atoms with E-state index < -0.39 is 0 Å². The van der Waals surface area contributed by atoms with Gasteiger partial charge in [0.2, 0.25) is 0 Å². The summed E-state index contributed by atoms with van der Waals surface area (Å²) in [5, 5.41) is 8.62. The zero-order valence-corrected chi connectivity index (χ0v) is 17.9. The number of aliphatic hydroxyl groups is 1. The van der Waals surface area contributed by atoms with Crippen molar-refractivity contribution in [2.75, 3.05) is 52.9 Å². The number of ether oxygens (including phenoxy) is 5. The summed E-state index contributed by atoms with van der Waals surface area (Å²) < 4.78 is 27.5. The first-order chi connectivity index (χ1) is 14.8. The lowest BCUT2D eigenvalue weighted by molar-refractivity contribution is 0.00702. The fraction of sp³-hybridized carbons (Fsp3) is 0.500. The molecule has 30 heavy (non-hydrogen) atoms. The van der Waals surface area contributed by atoms with E-state index in [1.165, 1.54) is 11.1 Å². The minimum Gasteiger partial charge on any atom is -0.394 e. The monoisotopic (exact) mass is 418 g/mol. The molecule has 6 heteroatoms. The van der Waals surface area contributed by atoms with Gasteiger partial charge in [-0.2, -0.15) is 0 Å². The summed E-state index contributed by atoms with van der Waals surface area (Å²) in [6, 6.07) is 16.5. The fourth-order valence-corrected chi connectivity index (χ4v) is 2.61. The number of hydrogen-bond acceptors (Lipinski definition) is 6. The molecule has 6 nitrogen and oxygen atoms in total. The van der Waals surface area contributed by atoms with Crippen LogP contribution in [0.2, 0.25) is 0 Å². The van der Waals surface area contributed by atoms with E-state index in [1.54, 1.807) is 0 Å². The van der Waals surface area contributed by atoms with Crippen LogP contribution in [-0.4, -0.2) is 58.0 Å². The lowest BCUT2D eigenvalue weighted by atomic mass is 10.1. The quantitative estimate of drug-likeness (QED) is 0.398. The topological polar surface area (TPSA) is 66.4 Å². The predicted molar refractivity (Wildman–Crippen MR) is 115 cm³/mol. The minimum atomic E-state index is 0.0403. The van der Waals surface area contributed by atoms with Crippen LogP contribution in [-0.2, 0) is 43.5 Å². The average molecular weight is 419 g/mol.